The molecule has 252 valence electrons. The van der Waals surface area contributed by atoms with Crippen molar-refractivity contribution in [2.75, 3.05) is 62.4 Å². The van der Waals surface area contributed by atoms with Gasteiger partial charge >= 0.3 is 24.5 Å². The molecule has 18 heteroatoms. The number of nitrogens with one attached hydrogen (secondary N) is 1. The molecule has 9 nitrogen and oxygen atoms in total. The molecular formula is C28H30F9N7O2. The number of aliphatic carboxylic acids is 1. The Morgan fingerprint density at radius 2 is 1.50 bits per heavy atom. The molecule has 0 fully saturated rings. The van der Waals surface area contributed by atoms with Gasteiger partial charge < -0.3 is 25.1 Å². The molecule has 1 aromatic carbocycles. The fraction of sp³-hybridized carbons (Fsp3) is 0.429. The van der Waals surface area contributed by atoms with Crippen LogP contribution in [0.2, 0.25) is 0 Å². The third-order valence-corrected chi connectivity index (χ3v) is 6.66. The van der Waals surface area contributed by atoms with Gasteiger partial charge in [0.05, 0.1) is 16.8 Å². The molecule has 0 unspecified atom stereocenters. The molecule has 0 saturated heterocycles. The first-order chi connectivity index (χ1) is 21.3. The van der Waals surface area contributed by atoms with Gasteiger partial charge in [0, 0.05) is 57.1 Å². The maximum atomic E-state index is 13.7. The minimum Gasteiger partial charge on any atom is -0.475 e. The van der Waals surface area contributed by atoms with Crippen LogP contribution in [0.1, 0.15) is 22.4 Å². The van der Waals surface area contributed by atoms with Crippen molar-refractivity contribution in [1.82, 2.24) is 19.9 Å². The maximum absolute atomic E-state index is 13.7. The number of likely N-dealkylation sites (N-methyl/N-ethyl adjacent to an activating group) is 2. The monoisotopic (exact) mass is 667 g/mol. The summed E-state index contributed by atoms with van der Waals surface area (Å²) in [5, 5.41) is 10.2. The lowest BCUT2D eigenvalue weighted by Crippen LogP contribution is -2.30. The van der Waals surface area contributed by atoms with Crippen LogP contribution in [0.25, 0.3) is 0 Å². The summed E-state index contributed by atoms with van der Waals surface area (Å²) in [5.74, 6) is -2.09. The van der Waals surface area contributed by atoms with Crippen LogP contribution in [-0.4, -0.2) is 84.4 Å². The van der Waals surface area contributed by atoms with Crippen molar-refractivity contribution < 1.29 is 49.4 Å². The number of aromatic nitrogens is 3. The van der Waals surface area contributed by atoms with E-state index in [1.54, 1.807) is 4.90 Å². The SMILES string of the molecule is CN(C)CCN(C)c1nc2c(c(Nc3ccc(C(F)(F)F)cc3)n1)CCN(c1ncccc1C(F)(F)F)CC2.O=C(O)C(F)(F)F. The molecule has 46 heavy (non-hydrogen) atoms. The standard InChI is InChI=1S/C26H29F6N7.C2HF3O2/c1-37(2)15-16-38(3)24-35-21-11-14-39(23-20(26(30,31)32)5-4-12-33-23)13-10-19(21)22(36-24)34-18-8-6-17(7-9-18)25(27,28)29;3-2(4,5)1(6)7/h4-9,12H,10-11,13-16H2,1-3H3,(H,34,35,36);(H,6,7). The van der Waals surface area contributed by atoms with Gasteiger partial charge in [-0.1, -0.05) is 0 Å². The molecule has 0 radical (unpaired) electrons. The van der Waals surface area contributed by atoms with E-state index in [0.717, 1.165) is 24.7 Å². The van der Waals surface area contributed by atoms with E-state index in [4.69, 9.17) is 14.9 Å². The van der Waals surface area contributed by atoms with Crippen molar-refractivity contribution in [2.24, 2.45) is 0 Å². The summed E-state index contributed by atoms with van der Waals surface area (Å²) in [4.78, 5) is 27.8. The van der Waals surface area contributed by atoms with Gasteiger partial charge in [-0.2, -0.15) is 44.5 Å². The Labute approximate surface area is 257 Å². The second kappa shape index (κ2) is 14.4. The van der Waals surface area contributed by atoms with Crippen LogP contribution in [0.5, 0.6) is 0 Å². The van der Waals surface area contributed by atoms with E-state index < -0.39 is 35.6 Å². The fourth-order valence-corrected chi connectivity index (χ4v) is 4.27. The number of hydrogen-bond acceptors (Lipinski definition) is 8. The Balaban J connectivity index is 0.000000738. The zero-order chi connectivity index (χ0) is 34.4. The Hall–Kier alpha value is -4.35. The lowest BCUT2D eigenvalue weighted by Gasteiger charge is -2.24. The summed E-state index contributed by atoms with van der Waals surface area (Å²) in [6.07, 6.45) is -12.1. The van der Waals surface area contributed by atoms with Crippen molar-refractivity contribution in [3.8, 4) is 0 Å². The van der Waals surface area contributed by atoms with Crippen LogP contribution < -0.4 is 15.1 Å². The number of benzene rings is 1. The zero-order valence-corrected chi connectivity index (χ0v) is 24.7. The van der Waals surface area contributed by atoms with E-state index in [0.29, 0.717) is 48.1 Å². The van der Waals surface area contributed by atoms with E-state index in [1.165, 1.54) is 24.4 Å². The largest absolute Gasteiger partial charge is 0.490 e. The molecule has 0 spiro atoms. The average molecular weight is 668 g/mol. The second-order valence-electron chi connectivity index (χ2n) is 10.4. The van der Waals surface area contributed by atoms with Crippen molar-refractivity contribution in [3.63, 3.8) is 0 Å². The topological polar surface area (TPSA) is 97.7 Å². The first-order valence-electron chi connectivity index (χ1n) is 13.5. The number of halogens is 9. The predicted octanol–water partition coefficient (Wildman–Crippen LogP) is 5.89. The lowest BCUT2D eigenvalue weighted by atomic mass is 10.1. The van der Waals surface area contributed by atoms with Gasteiger partial charge in [0.2, 0.25) is 5.95 Å². The molecule has 2 N–H and O–H groups in total. The zero-order valence-electron chi connectivity index (χ0n) is 24.7. The van der Waals surface area contributed by atoms with Gasteiger partial charge in [0.15, 0.2) is 0 Å². The van der Waals surface area contributed by atoms with Crippen LogP contribution >= 0.6 is 0 Å². The first-order valence-corrected chi connectivity index (χ1v) is 13.5. The average Bonchev–Trinajstić information content (AvgIpc) is 3.18. The number of fused-ring (bicyclic) bond motifs is 1. The molecule has 1 aliphatic heterocycles. The van der Waals surface area contributed by atoms with Crippen molar-refractivity contribution in [2.45, 2.75) is 31.4 Å². The van der Waals surface area contributed by atoms with Gasteiger partial charge in [0.1, 0.15) is 11.6 Å². The van der Waals surface area contributed by atoms with Gasteiger partial charge in [-0.3, -0.25) is 0 Å². The van der Waals surface area contributed by atoms with Gasteiger partial charge in [-0.15, -0.1) is 0 Å². The fourth-order valence-electron chi connectivity index (χ4n) is 4.27. The molecule has 4 rings (SSSR count). The molecule has 3 heterocycles. The number of carboxylic acids is 1. The quantitative estimate of drug-likeness (QED) is 0.299. The van der Waals surface area contributed by atoms with Crippen molar-refractivity contribution in [1.29, 1.82) is 0 Å². The number of pyridine rings is 1. The molecule has 0 saturated carbocycles. The Morgan fingerprint density at radius 1 is 0.891 bits per heavy atom. The summed E-state index contributed by atoms with van der Waals surface area (Å²) in [7, 11) is 5.70. The third kappa shape index (κ3) is 9.82. The van der Waals surface area contributed by atoms with E-state index in [1.807, 2.05) is 30.9 Å². The second-order valence-corrected chi connectivity index (χ2v) is 10.4. The molecule has 2 aromatic heterocycles. The highest BCUT2D eigenvalue weighted by Crippen LogP contribution is 2.37. The summed E-state index contributed by atoms with van der Waals surface area (Å²) < 4.78 is 112. The summed E-state index contributed by atoms with van der Waals surface area (Å²) in [6, 6.07) is 6.86. The van der Waals surface area contributed by atoms with Crippen LogP contribution in [0.15, 0.2) is 42.6 Å². The van der Waals surface area contributed by atoms with Crippen molar-refractivity contribution >= 4 is 29.2 Å². The summed E-state index contributed by atoms with van der Waals surface area (Å²) >= 11 is 0. The van der Waals surface area contributed by atoms with Crippen molar-refractivity contribution in [3.05, 3.63) is 65.0 Å². The van der Waals surface area contributed by atoms with Gasteiger partial charge in [-0.05, 0) is 56.9 Å². The predicted molar refractivity (Wildman–Crippen MR) is 151 cm³/mol. The van der Waals surface area contributed by atoms with Gasteiger partial charge in [0.25, 0.3) is 0 Å². The number of nitrogens with zero attached hydrogens (tertiary/aromatic N) is 6. The summed E-state index contributed by atoms with van der Waals surface area (Å²) in [6.45, 7) is 1.82. The highest BCUT2D eigenvalue weighted by molar-refractivity contribution is 5.73. The molecule has 1 aliphatic rings. The van der Waals surface area contributed by atoms with Crippen LogP contribution in [0.3, 0.4) is 0 Å². The minimum absolute atomic E-state index is 0.147. The normalized spacial score (nSPS) is 13.8. The summed E-state index contributed by atoms with van der Waals surface area (Å²) in [5.41, 5.74) is 0.181. The third-order valence-electron chi connectivity index (χ3n) is 6.66. The number of rotatable bonds is 7. The van der Waals surface area contributed by atoms with Crippen LogP contribution in [0.4, 0.5) is 62.8 Å². The molecule has 0 bridgehead atoms. The van der Waals surface area contributed by atoms with E-state index >= 15 is 0 Å². The highest BCUT2D eigenvalue weighted by Gasteiger charge is 2.38. The number of carboxylic acid groups (broad SMARTS) is 1. The molecule has 0 atom stereocenters. The molecular weight excluding hydrogens is 637 g/mol. The smallest absolute Gasteiger partial charge is 0.475 e. The van der Waals surface area contributed by atoms with E-state index in [9.17, 15) is 39.5 Å². The Morgan fingerprint density at radius 3 is 2.04 bits per heavy atom. The highest BCUT2D eigenvalue weighted by atomic mass is 19.4. The van der Waals surface area contributed by atoms with E-state index in [2.05, 4.69) is 15.3 Å². The van der Waals surface area contributed by atoms with E-state index in [-0.39, 0.29) is 18.9 Å². The molecule has 0 amide bonds. The van der Waals surface area contributed by atoms with Gasteiger partial charge in [-0.25, -0.2) is 14.8 Å². The maximum Gasteiger partial charge on any atom is 0.490 e. The number of anilines is 4. The van der Waals surface area contributed by atoms with Crippen LogP contribution in [-0.2, 0) is 30.0 Å². The molecule has 0 aliphatic carbocycles. The number of hydrogen-bond donors (Lipinski definition) is 2. The first kappa shape index (κ1) is 36.1. The van der Waals surface area contributed by atoms with Crippen LogP contribution in [0, 0.1) is 0 Å². The number of alkyl halides is 9. The minimum atomic E-state index is -5.08. The number of carbonyl (C=O) groups is 1. The Bertz CT molecular complexity index is 1480. The lowest BCUT2D eigenvalue weighted by molar-refractivity contribution is -0.192. The molecule has 3 aromatic rings. The Kier molecular flexibility index (Phi) is 11.3.